The molecule has 5 rings (SSSR count). The molecule has 210 valence electrons. The monoisotopic (exact) mass is 537 g/mol. The molecular weight excluding hydrogens is 490 g/mol. The molecular formula is C27H47N5O4S. The molecule has 0 aromatic heterocycles. The first-order valence-corrected chi connectivity index (χ1v) is 16.3. The zero-order chi connectivity index (χ0) is 26.2. The Morgan fingerprint density at radius 1 is 0.838 bits per heavy atom. The Morgan fingerprint density at radius 3 is 2.14 bits per heavy atom. The minimum absolute atomic E-state index is 0.0376. The molecule has 10 heteroatoms. The van der Waals surface area contributed by atoms with Crippen molar-refractivity contribution < 1.29 is 18.0 Å². The summed E-state index contributed by atoms with van der Waals surface area (Å²) in [5.74, 6) is 2.16. The second-order valence-corrected chi connectivity index (χ2v) is 14.7. The molecule has 0 radical (unpaired) electrons. The van der Waals surface area contributed by atoms with Crippen LogP contribution in [-0.4, -0.2) is 91.0 Å². The summed E-state index contributed by atoms with van der Waals surface area (Å²) >= 11 is 0. The van der Waals surface area contributed by atoms with Crippen LogP contribution in [0.25, 0.3) is 0 Å². The van der Waals surface area contributed by atoms with Crippen molar-refractivity contribution in [3.05, 3.63) is 0 Å². The topological polar surface area (TPSA) is 102 Å². The van der Waals surface area contributed by atoms with E-state index in [1.165, 1.54) is 6.92 Å². The van der Waals surface area contributed by atoms with Crippen LogP contribution in [0.15, 0.2) is 0 Å². The van der Waals surface area contributed by atoms with Gasteiger partial charge in [0, 0.05) is 58.3 Å². The molecule has 0 bridgehead atoms. The van der Waals surface area contributed by atoms with Gasteiger partial charge < -0.3 is 10.2 Å². The number of carbonyl (C=O) groups excluding carboxylic acids is 2. The molecule has 1 saturated carbocycles. The Labute approximate surface area is 223 Å². The lowest BCUT2D eigenvalue weighted by molar-refractivity contribution is -0.138. The van der Waals surface area contributed by atoms with Crippen molar-refractivity contribution in [1.29, 1.82) is 0 Å². The molecule has 37 heavy (non-hydrogen) atoms. The van der Waals surface area contributed by atoms with E-state index in [2.05, 4.69) is 27.6 Å². The Balaban J connectivity index is 1.12. The van der Waals surface area contributed by atoms with Crippen LogP contribution in [0.1, 0.15) is 78.1 Å². The summed E-state index contributed by atoms with van der Waals surface area (Å²) in [6, 6.07) is 0.381. The molecule has 5 aliphatic rings. The summed E-state index contributed by atoms with van der Waals surface area (Å²) in [6.45, 7) is 8.57. The average Bonchev–Trinajstić information content (AvgIpc) is 3.32. The molecule has 0 spiro atoms. The van der Waals surface area contributed by atoms with Gasteiger partial charge in [-0.25, -0.2) is 17.7 Å². The summed E-state index contributed by atoms with van der Waals surface area (Å²) in [7, 11) is -3.29. The van der Waals surface area contributed by atoms with E-state index in [0.717, 1.165) is 83.5 Å². The molecule has 0 aromatic carbocycles. The van der Waals surface area contributed by atoms with Crippen LogP contribution in [0, 0.1) is 23.7 Å². The SMILES string of the molecule is CC(=O)NC1CCC(S(=O)(=O)N2CCC(C3CCN4NCC(C(=O)N5CCC(C)CC5)C4C3)CC2)CC1. The van der Waals surface area contributed by atoms with Crippen LogP contribution in [0.4, 0.5) is 0 Å². The van der Waals surface area contributed by atoms with E-state index in [9.17, 15) is 18.0 Å². The third-order valence-electron chi connectivity index (χ3n) is 10.1. The number of piperidine rings is 3. The standard InChI is InChI=1S/C27H47N5O4S/c1-19-7-12-30(13-8-19)27(34)25-18-28-32-16-11-22(17-26(25)32)21-9-14-31(15-10-21)37(35,36)24-5-3-23(4-6-24)29-20(2)33/h19,21-26,28H,3-18H2,1-2H3,(H,29,33). The number of carbonyl (C=O) groups is 2. The average molecular weight is 538 g/mol. The molecule has 4 aliphatic heterocycles. The Bertz CT molecular complexity index is 921. The minimum atomic E-state index is -3.29. The van der Waals surface area contributed by atoms with E-state index in [4.69, 9.17) is 0 Å². The van der Waals surface area contributed by atoms with Crippen LogP contribution >= 0.6 is 0 Å². The van der Waals surface area contributed by atoms with E-state index in [0.29, 0.717) is 43.7 Å². The van der Waals surface area contributed by atoms with Gasteiger partial charge >= 0.3 is 0 Å². The lowest BCUT2D eigenvalue weighted by Crippen LogP contribution is -2.51. The molecule has 9 nitrogen and oxygen atoms in total. The number of sulfonamides is 1. The van der Waals surface area contributed by atoms with Gasteiger partial charge in [-0.2, -0.15) is 0 Å². The van der Waals surface area contributed by atoms with Gasteiger partial charge in [0.15, 0.2) is 0 Å². The van der Waals surface area contributed by atoms with Crippen molar-refractivity contribution in [2.24, 2.45) is 23.7 Å². The lowest BCUT2D eigenvalue weighted by Gasteiger charge is -2.43. The third kappa shape index (κ3) is 6.02. The summed E-state index contributed by atoms with van der Waals surface area (Å²) < 4.78 is 28.5. The second kappa shape index (κ2) is 11.5. The van der Waals surface area contributed by atoms with Crippen LogP contribution < -0.4 is 10.7 Å². The third-order valence-corrected chi connectivity index (χ3v) is 12.5. The van der Waals surface area contributed by atoms with Crippen molar-refractivity contribution >= 4 is 21.8 Å². The molecule has 2 amide bonds. The maximum absolute atomic E-state index is 13.4. The van der Waals surface area contributed by atoms with Gasteiger partial charge in [-0.1, -0.05) is 6.92 Å². The highest BCUT2D eigenvalue weighted by molar-refractivity contribution is 7.89. The van der Waals surface area contributed by atoms with Gasteiger partial charge in [0.05, 0.1) is 11.2 Å². The molecule has 0 aromatic rings. The fourth-order valence-electron chi connectivity index (χ4n) is 7.70. The number of nitrogens with one attached hydrogen (secondary N) is 2. The number of hydrogen-bond acceptors (Lipinski definition) is 6. The Morgan fingerprint density at radius 2 is 1.49 bits per heavy atom. The molecule has 3 atom stereocenters. The number of rotatable bonds is 5. The molecule has 2 N–H and O–H groups in total. The zero-order valence-corrected chi connectivity index (χ0v) is 23.6. The first-order valence-electron chi connectivity index (χ1n) is 14.8. The lowest BCUT2D eigenvalue weighted by atomic mass is 9.75. The largest absolute Gasteiger partial charge is 0.354 e. The summed E-state index contributed by atoms with van der Waals surface area (Å²) in [4.78, 5) is 26.8. The van der Waals surface area contributed by atoms with Crippen molar-refractivity contribution in [3.63, 3.8) is 0 Å². The van der Waals surface area contributed by atoms with Crippen LogP contribution in [-0.2, 0) is 19.6 Å². The molecule has 1 aliphatic carbocycles. The second-order valence-electron chi connectivity index (χ2n) is 12.5. The first kappa shape index (κ1) is 27.3. The number of hydrogen-bond donors (Lipinski definition) is 2. The van der Waals surface area contributed by atoms with Gasteiger partial charge in [-0.05, 0) is 82.0 Å². The van der Waals surface area contributed by atoms with Gasteiger partial charge in [-0.15, -0.1) is 0 Å². The quantitative estimate of drug-likeness (QED) is 0.556. The number of amides is 2. The Kier molecular flexibility index (Phi) is 8.48. The summed E-state index contributed by atoms with van der Waals surface area (Å²) in [5.41, 5.74) is 3.51. The fourth-order valence-corrected chi connectivity index (χ4v) is 9.71. The molecule has 4 heterocycles. The predicted octanol–water partition coefficient (Wildman–Crippen LogP) is 1.95. The van der Waals surface area contributed by atoms with Crippen molar-refractivity contribution in [2.45, 2.75) is 95.4 Å². The van der Waals surface area contributed by atoms with E-state index in [1.807, 2.05) is 0 Å². The van der Waals surface area contributed by atoms with Crippen molar-refractivity contribution in [1.82, 2.24) is 25.0 Å². The number of fused-ring (bicyclic) bond motifs is 1. The highest BCUT2D eigenvalue weighted by Crippen LogP contribution is 2.39. The Hall–Kier alpha value is -1.23. The first-order chi connectivity index (χ1) is 17.7. The van der Waals surface area contributed by atoms with Crippen LogP contribution in [0.3, 0.4) is 0 Å². The van der Waals surface area contributed by atoms with Crippen molar-refractivity contribution in [2.75, 3.05) is 39.3 Å². The molecule has 5 fully saturated rings. The highest BCUT2D eigenvalue weighted by Gasteiger charge is 2.46. The highest BCUT2D eigenvalue weighted by atomic mass is 32.2. The summed E-state index contributed by atoms with van der Waals surface area (Å²) in [6.07, 6.45) is 8.98. The number of hydrazine groups is 1. The van der Waals surface area contributed by atoms with Crippen LogP contribution in [0.2, 0.25) is 0 Å². The van der Waals surface area contributed by atoms with Crippen molar-refractivity contribution in [3.8, 4) is 0 Å². The van der Waals surface area contributed by atoms with E-state index in [1.54, 1.807) is 4.31 Å². The summed E-state index contributed by atoms with van der Waals surface area (Å²) in [5, 5.41) is 4.95. The normalized spacial score (nSPS) is 35.3. The van der Waals surface area contributed by atoms with E-state index >= 15 is 0 Å². The van der Waals surface area contributed by atoms with Gasteiger partial charge in [0.25, 0.3) is 0 Å². The predicted molar refractivity (Wildman–Crippen MR) is 143 cm³/mol. The number of nitrogens with zero attached hydrogens (tertiary/aromatic N) is 3. The maximum atomic E-state index is 13.4. The molecule has 3 unspecified atom stereocenters. The smallest absolute Gasteiger partial charge is 0.228 e. The van der Waals surface area contributed by atoms with Gasteiger partial charge in [0.1, 0.15) is 0 Å². The van der Waals surface area contributed by atoms with E-state index in [-0.39, 0.29) is 29.2 Å². The van der Waals surface area contributed by atoms with Gasteiger partial charge in [-0.3, -0.25) is 15.0 Å². The van der Waals surface area contributed by atoms with E-state index < -0.39 is 10.0 Å². The fraction of sp³-hybridized carbons (Fsp3) is 0.926. The molecule has 4 saturated heterocycles. The minimum Gasteiger partial charge on any atom is -0.354 e. The zero-order valence-electron chi connectivity index (χ0n) is 22.7. The van der Waals surface area contributed by atoms with Crippen LogP contribution in [0.5, 0.6) is 0 Å². The number of likely N-dealkylation sites (tertiary alicyclic amines) is 1. The maximum Gasteiger partial charge on any atom is 0.228 e. The van der Waals surface area contributed by atoms with Gasteiger partial charge in [0.2, 0.25) is 21.8 Å².